The lowest BCUT2D eigenvalue weighted by Gasteiger charge is -2.23. The van der Waals surface area contributed by atoms with Gasteiger partial charge in [-0.15, -0.1) is 0 Å². The highest BCUT2D eigenvalue weighted by molar-refractivity contribution is 9.10. The van der Waals surface area contributed by atoms with E-state index in [1.807, 2.05) is 19.1 Å². The number of benzene rings is 1. The summed E-state index contributed by atoms with van der Waals surface area (Å²) in [6.45, 7) is 6.29. The maximum absolute atomic E-state index is 9.78. The maximum Gasteiger partial charge on any atom is 0.0782 e. The van der Waals surface area contributed by atoms with Crippen LogP contribution in [0.4, 0.5) is 5.69 Å². The zero-order valence-electron chi connectivity index (χ0n) is 9.78. The summed E-state index contributed by atoms with van der Waals surface area (Å²) in [5, 5.41) is 9.78. The van der Waals surface area contributed by atoms with Crippen molar-refractivity contribution in [3.05, 3.63) is 28.2 Å². The largest absolute Gasteiger partial charge is 0.389 e. The number of aliphatic hydroxyl groups is 1. The second kappa shape index (κ2) is 4.76. The van der Waals surface area contributed by atoms with E-state index in [1.165, 1.54) is 12.1 Å². The van der Waals surface area contributed by atoms with Gasteiger partial charge >= 0.3 is 0 Å². The van der Waals surface area contributed by atoms with Gasteiger partial charge < -0.3 is 10.0 Å². The highest BCUT2D eigenvalue weighted by Crippen LogP contribution is 2.32. The van der Waals surface area contributed by atoms with Crippen molar-refractivity contribution in [2.45, 2.75) is 26.4 Å². The van der Waals surface area contributed by atoms with Gasteiger partial charge in [0.15, 0.2) is 0 Å². The molecule has 1 saturated heterocycles. The smallest absolute Gasteiger partial charge is 0.0782 e. The first-order valence-corrected chi connectivity index (χ1v) is 6.59. The number of anilines is 1. The lowest BCUT2D eigenvalue weighted by molar-refractivity contribution is 0.199. The fourth-order valence-corrected chi connectivity index (χ4v) is 2.65. The summed E-state index contributed by atoms with van der Waals surface area (Å²) in [5.74, 6) is 0.751. The molecule has 2 rings (SSSR count). The Hall–Kier alpha value is -0.540. The molecule has 0 spiro atoms. The van der Waals surface area contributed by atoms with Crippen LogP contribution in [0.5, 0.6) is 0 Å². The highest BCUT2D eigenvalue weighted by Gasteiger charge is 2.22. The Morgan fingerprint density at radius 3 is 2.81 bits per heavy atom. The quantitative estimate of drug-likeness (QED) is 0.900. The van der Waals surface area contributed by atoms with E-state index in [4.69, 9.17) is 0 Å². The third kappa shape index (κ3) is 2.41. The lowest BCUT2D eigenvalue weighted by Crippen LogP contribution is -2.21. The normalized spacial score (nSPS) is 22.5. The molecule has 2 unspecified atom stereocenters. The van der Waals surface area contributed by atoms with Crippen LogP contribution in [0.2, 0.25) is 0 Å². The highest BCUT2D eigenvalue weighted by atomic mass is 79.9. The molecule has 88 valence electrons. The van der Waals surface area contributed by atoms with Gasteiger partial charge in [0, 0.05) is 28.8 Å². The van der Waals surface area contributed by atoms with Crippen molar-refractivity contribution in [1.82, 2.24) is 0 Å². The molecule has 0 amide bonds. The number of nitrogens with zero attached hydrogens (tertiary/aromatic N) is 1. The SMILES string of the molecule is CC1CCN(c2cc(Br)ccc2C(C)O)C1. The first kappa shape index (κ1) is 11.9. The number of rotatable bonds is 2. The summed E-state index contributed by atoms with van der Waals surface area (Å²) in [6, 6.07) is 6.11. The number of hydrogen-bond donors (Lipinski definition) is 1. The Balaban J connectivity index is 2.34. The molecule has 1 heterocycles. The Kier molecular flexibility index (Phi) is 3.55. The molecule has 2 nitrogen and oxygen atoms in total. The molecule has 1 aliphatic rings. The van der Waals surface area contributed by atoms with Crippen LogP contribution in [0, 0.1) is 5.92 Å². The molecule has 0 aliphatic carbocycles. The van der Waals surface area contributed by atoms with Crippen molar-refractivity contribution in [3.63, 3.8) is 0 Å². The van der Waals surface area contributed by atoms with Crippen molar-refractivity contribution in [2.24, 2.45) is 5.92 Å². The Bertz CT molecular complexity index is 378. The van der Waals surface area contributed by atoms with Gasteiger partial charge in [-0.25, -0.2) is 0 Å². The van der Waals surface area contributed by atoms with Gasteiger partial charge in [0.25, 0.3) is 0 Å². The standard InChI is InChI=1S/C13H18BrNO/c1-9-5-6-15(8-9)13-7-11(14)3-4-12(13)10(2)16/h3-4,7,9-10,16H,5-6,8H2,1-2H3. The van der Waals surface area contributed by atoms with Crippen LogP contribution in [0.3, 0.4) is 0 Å². The van der Waals surface area contributed by atoms with Crippen LogP contribution < -0.4 is 4.90 Å². The molecular formula is C13H18BrNO. The Labute approximate surface area is 105 Å². The molecule has 0 radical (unpaired) electrons. The fraction of sp³-hybridized carbons (Fsp3) is 0.538. The molecule has 0 bridgehead atoms. The van der Waals surface area contributed by atoms with Gasteiger partial charge in [-0.2, -0.15) is 0 Å². The molecule has 1 aliphatic heterocycles. The molecule has 1 aromatic rings. The molecule has 16 heavy (non-hydrogen) atoms. The van der Waals surface area contributed by atoms with E-state index in [0.29, 0.717) is 0 Å². The van der Waals surface area contributed by atoms with Gasteiger partial charge in [0.05, 0.1) is 6.10 Å². The van der Waals surface area contributed by atoms with E-state index in [-0.39, 0.29) is 0 Å². The number of aliphatic hydroxyl groups excluding tert-OH is 1. The van der Waals surface area contributed by atoms with Crippen molar-refractivity contribution >= 4 is 21.6 Å². The first-order chi connectivity index (χ1) is 7.58. The molecule has 2 atom stereocenters. The molecule has 3 heteroatoms. The maximum atomic E-state index is 9.78. The third-order valence-electron chi connectivity index (χ3n) is 3.21. The minimum atomic E-state index is -0.404. The summed E-state index contributed by atoms with van der Waals surface area (Å²) in [4.78, 5) is 2.37. The van der Waals surface area contributed by atoms with E-state index in [9.17, 15) is 5.11 Å². The van der Waals surface area contributed by atoms with Crippen molar-refractivity contribution in [1.29, 1.82) is 0 Å². The van der Waals surface area contributed by atoms with Crippen LogP contribution >= 0.6 is 15.9 Å². The predicted molar refractivity (Wildman–Crippen MR) is 70.8 cm³/mol. The van der Waals surface area contributed by atoms with Gasteiger partial charge in [-0.1, -0.05) is 28.9 Å². The van der Waals surface area contributed by atoms with Crippen LogP contribution in [0.1, 0.15) is 31.9 Å². The summed E-state index contributed by atoms with van der Waals surface area (Å²) in [6.07, 6.45) is 0.838. The Morgan fingerprint density at radius 1 is 1.50 bits per heavy atom. The van der Waals surface area contributed by atoms with E-state index in [0.717, 1.165) is 29.0 Å². The molecule has 0 saturated carbocycles. The van der Waals surface area contributed by atoms with Crippen LogP contribution in [0.15, 0.2) is 22.7 Å². The molecule has 0 aromatic heterocycles. The van der Waals surface area contributed by atoms with Gasteiger partial charge in [0.2, 0.25) is 0 Å². The third-order valence-corrected chi connectivity index (χ3v) is 3.70. The molecular weight excluding hydrogens is 266 g/mol. The van der Waals surface area contributed by atoms with Crippen molar-refractivity contribution < 1.29 is 5.11 Å². The van der Waals surface area contributed by atoms with Crippen LogP contribution in [-0.2, 0) is 0 Å². The van der Waals surface area contributed by atoms with Gasteiger partial charge in [-0.3, -0.25) is 0 Å². The summed E-state index contributed by atoms with van der Waals surface area (Å²) >= 11 is 3.50. The van der Waals surface area contributed by atoms with E-state index in [2.05, 4.69) is 33.8 Å². The minimum Gasteiger partial charge on any atom is -0.389 e. The number of halogens is 1. The number of hydrogen-bond acceptors (Lipinski definition) is 2. The van der Waals surface area contributed by atoms with E-state index in [1.54, 1.807) is 0 Å². The monoisotopic (exact) mass is 283 g/mol. The van der Waals surface area contributed by atoms with Crippen LogP contribution in [0.25, 0.3) is 0 Å². The zero-order chi connectivity index (χ0) is 11.7. The molecule has 1 aromatic carbocycles. The average Bonchev–Trinajstić information content (AvgIpc) is 2.64. The summed E-state index contributed by atoms with van der Waals surface area (Å²) in [7, 11) is 0. The summed E-state index contributed by atoms with van der Waals surface area (Å²) in [5.41, 5.74) is 2.20. The second-order valence-electron chi connectivity index (χ2n) is 4.72. The Morgan fingerprint density at radius 2 is 2.25 bits per heavy atom. The van der Waals surface area contributed by atoms with Crippen LogP contribution in [-0.4, -0.2) is 18.2 Å². The zero-order valence-corrected chi connectivity index (χ0v) is 11.4. The molecule has 1 fully saturated rings. The van der Waals surface area contributed by atoms with Crippen molar-refractivity contribution in [3.8, 4) is 0 Å². The van der Waals surface area contributed by atoms with E-state index < -0.39 is 6.10 Å². The van der Waals surface area contributed by atoms with Gasteiger partial charge in [0.1, 0.15) is 0 Å². The van der Waals surface area contributed by atoms with E-state index >= 15 is 0 Å². The average molecular weight is 284 g/mol. The fourth-order valence-electron chi connectivity index (χ4n) is 2.30. The predicted octanol–water partition coefficient (Wildman–Crippen LogP) is 3.35. The van der Waals surface area contributed by atoms with Gasteiger partial charge in [-0.05, 0) is 31.4 Å². The summed E-state index contributed by atoms with van der Waals surface area (Å²) < 4.78 is 1.08. The van der Waals surface area contributed by atoms with Crippen molar-refractivity contribution in [2.75, 3.05) is 18.0 Å². The lowest BCUT2D eigenvalue weighted by atomic mass is 10.1. The molecule has 1 N–H and O–H groups in total. The second-order valence-corrected chi connectivity index (χ2v) is 5.63. The topological polar surface area (TPSA) is 23.5 Å². The minimum absolute atomic E-state index is 0.404. The first-order valence-electron chi connectivity index (χ1n) is 5.80.